The van der Waals surface area contributed by atoms with Crippen molar-refractivity contribution in [2.24, 2.45) is 10.1 Å². The van der Waals surface area contributed by atoms with Crippen molar-refractivity contribution in [2.75, 3.05) is 11.1 Å². The fourth-order valence-corrected chi connectivity index (χ4v) is 3.20. The predicted octanol–water partition coefficient (Wildman–Crippen LogP) is 1.63. The molecule has 0 aliphatic carbocycles. The van der Waals surface area contributed by atoms with E-state index in [1.807, 2.05) is 0 Å². The van der Waals surface area contributed by atoms with Crippen LogP contribution in [0.1, 0.15) is 13.3 Å². The second-order valence-electron chi connectivity index (χ2n) is 4.01. The third-order valence-corrected chi connectivity index (χ3v) is 4.54. The zero-order chi connectivity index (χ0) is 13.2. The molecule has 7 heteroatoms. The molecule has 5 nitrogen and oxygen atoms in total. The second-order valence-corrected chi connectivity index (χ2v) is 6.58. The summed E-state index contributed by atoms with van der Waals surface area (Å²) in [5.74, 6) is 0.966. The molecular weight excluding hydrogens is 270 g/mol. The van der Waals surface area contributed by atoms with Crippen molar-refractivity contribution in [1.82, 2.24) is 0 Å². The number of hydrogen-bond acceptors (Lipinski definition) is 5. The van der Waals surface area contributed by atoms with Gasteiger partial charge < -0.3 is 5.32 Å². The third-order valence-electron chi connectivity index (χ3n) is 2.60. The van der Waals surface area contributed by atoms with Gasteiger partial charge in [0.25, 0.3) is 0 Å². The van der Waals surface area contributed by atoms with Crippen LogP contribution in [0.2, 0.25) is 0 Å². The molecule has 1 aliphatic heterocycles. The number of thioether (sulfide) groups is 1. The van der Waals surface area contributed by atoms with E-state index in [9.17, 15) is 8.42 Å². The highest BCUT2D eigenvalue weighted by molar-refractivity contribution is 8.14. The van der Waals surface area contributed by atoms with Gasteiger partial charge in [0.15, 0.2) is 5.17 Å². The highest BCUT2D eigenvalue weighted by Crippen LogP contribution is 2.22. The molecule has 0 fully saturated rings. The highest BCUT2D eigenvalue weighted by atomic mass is 32.2. The van der Waals surface area contributed by atoms with E-state index in [-0.39, 0.29) is 4.90 Å². The molecule has 18 heavy (non-hydrogen) atoms. The molecule has 98 valence electrons. The molecule has 0 spiro atoms. The first kappa shape index (κ1) is 13.4. The van der Waals surface area contributed by atoms with Crippen molar-refractivity contribution in [1.29, 1.82) is 0 Å². The molecule has 1 aromatic carbocycles. The summed E-state index contributed by atoms with van der Waals surface area (Å²) in [5.41, 5.74) is 0.685. The molecule has 1 aromatic rings. The summed E-state index contributed by atoms with van der Waals surface area (Å²) < 4.78 is 22.5. The number of aliphatic imine (C=N–C) groups is 1. The van der Waals surface area contributed by atoms with Crippen molar-refractivity contribution in [3.63, 3.8) is 0 Å². The van der Waals surface area contributed by atoms with Gasteiger partial charge in [-0.15, -0.1) is 0 Å². The van der Waals surface area contributed by atoms with Crippen LogP contribution < -0.4 is 10.5 Å². The summed E-state index contributed by atoms with van der Waals surface area (Å²) in [6, 6.07) is 6.77. The van der Waals surface area contributed by atoms with Gasteiger partial charge in [0.05, 0.1) is 10.9 Å². The van der Waals surface area contributed by atoms with Crippen molar-refractivity contribution < 1.29 is 8.42 Å². The van der Waals surface area contributed by atoms with Crippen LogP contribution in [0.5, 0.6) is 0 Å². The molecule has 0 saturated heterocycles. The molecule has 0 bridgehead atoms. The molecule has 1 unspecified atom stereocenters. The number of nitrogens with zero attached hydrogens (tertiary/aromatic N) is 1. The molecule has 0 saturated carbocycles. The van der Waals surface area contributed by atoms with E-state index in [0.29, 0.717) is 11.7 Å². The first-order valence-corrected chi connectivity index (χ1v) is 8.12. The Morgan fingerprint density at radius 2 is 2.33 bits per heavy atom. The second kappa shape index (κ2) is 5.29. The highest BCUT2D eigenvalue weighted by Gasteiger charge is 2.17. The smallest absolute Gasteiger partial charge is 0.238 e. The van der Waals surface area contributed by atoms with Gasteiger partial charge in [0.2, 0.25) is 10.0 Å². The number of anilines is 1. The van der Waals surface area contributed by atoms with Crippen LogP contribution in [0.3, 0.4) is 0 Å². The average molecular weight is 285 g/mol. The van der Waals surface area contributed by atoms with Crippen LogP contribution in [-0.4, -0.2) is 25.4 Å². The summed E-state index contributed by atoms with van der Waals surface area (Å²) in [6.45, 7) is 2.10. The topological polar surface area (TPSA) is 84.5 Å². The molecule has 3 N–H and O–H groups in total. The van der Waals surface area contributed by atoms with Gasteiger partial charge in [0.1, 0.15) is 0 Å². The van der Waals surface area contributed by atoms with Crippen LogP contribution in [0.15, 0.2) is 34.2 Å². The first-order chi connectivity index (χ1) is 8.49. The van der Waals surface area contributed by atoms with Crippen molar-refractivity contribution in [2.45, 2.75) is 24.3 Å². The molecule has 0 amide bonds. The number of nitrogens with one attached hydrogen (secondary N) is 1. The van der Waals surface area contributed by atoms with Gasteiger partial charge in [-0.25, -0.2) is 13.6 Å². The van der Waals surface area contributed by atoms with Gasteiger partial charge in [-0.1, -0.05) is 24.8 Å². The van der Waals surface area contributed by atoms with E-state index in [4.69, 9.17) is 5.14 Å². The largest absolute Gasteiger partial charge is 0.335 e. The van der Waals surface area contributed by atoms with E-state index >= 15 is 0 Å². The Labute approximate surface area is 111 Å². The molecule has 1 aliphatic rings. The number of primary sulfonamides is 1. The number of hydrogen-bond donors (Lipinski definition) is 2. The lowest BCUT2D eigenvalue weighted by Crippen LogP contribution is -2.13. The molecule has 1 atom stereocenters. The van der Waals surface area contributed by atoms with Crippen molar-refractivity contribution in [3.05, 3.63) is 24.3 Å². The summed E-state index contributed by atoms with van der Waals surface area (Å²) >= 11 is 1.64. The minimum Gasteiger partial charge on any atom is -0.335 e. The number of benzene rings is 1. The van der Waals surface area contributed by atoms with Gasteiger partial charge in [-0.3, -0.25) is 4.99 Å². The zero-order valence-electron chi connectivity index (χ0n) is 9.96. The van der Waals surface area contributed by atoms with E-state index in [2.05, 4.69) is 17.2 Å². The lowest BCUT2D eigenvalue weighted by Gasteiger charge is -2.06. The Hall–Kier alpha value is -1.05. The molecule has 0 radical (unpaired) electrons. The Bertz CT molecular complexity index is 569. The standard InChI is InChI=1S/C11H15N3O2S2/c1-2-8-7-17-11(13-8)14-9-4-3-5-10(6-9)18(12,15)16/h3-6,8H,2,7H2,1H3,(H,13,14)(H2,12,15,16). The summed E-state index contributed by atoms with van der Waals surface area (Å²) in [4.78, 5) is 4.58. The fourth-order valence-electron chi connectivity index (χ4n) is 1.57. The van der Waals surface area contributed by atoms with Gasteiger partial charge in [-0.05, 0) is 24.6 Å². The van der Waals surface area contributed by atoms with Gasteiger partial charge in [0, 0.05) is 11.4 Å². The maximum absolute atomic E-state index is 11.2. The number of amidine groups is 1. The maximum Gasteiger partial charge on any atom is 0.238 e. The number of sulfonamides is 1. The Morgan fingerprint density at radius 1 is 1.56 bits per heavy atom. The average Bonchev–Trinajstić information content (AvgIpc) is 2.76. The van der Waals surface area contributed by atoms with Crippen LogP contribution in [0, 0.1) is 0 Å². The van der Waals surface area contributed by atoms with Crippen LogP contribution in [0.25, 0.3) is 0 Å². The Morgan fingerprint density at radius 3 is 2.94 bits per heavy atom. The minimum atomic E-state index is -3.66. The minimum absolute atomic E-state index is 0.100. The van der Waals surface area contributed by atoms with Gasteiger partial charge >= 0.3 is 0 Å². The van der Waals surface area contributed by atoms with Crippen LogP contribution in [0.4, 0.5) is 5.69 Å². The molecule has 1 heterocycles. The summed E-state index contributed by atoms with van der Waals surface area (Å²) in [7, 11) is -3.66. The van der Waals surface area contributed by atoms with E-state index in [1.54, 1.807) is 23.9 Å². The summed E-state index contributed by atoms with van der Waals surface area (Å²) in [5, 5.41) is 9.02. The lowest BCUT2D eigenvalue weighted by molar-refractivity contribution is 0.598. The zero-order valence-corrected chi connectivity index (χ0v) is 11.6. The first-order valence-electron chi connectivity index (χ1n) is 5.59. The number of rotatable bonds is 3. The number of nitrogens with two attached hydrogens (primary N) is 1. The van der Waals surface area contributed by atoms with E-state index < -0.39 is 10.0 Å². The summed E-state index contributed by atoms with van der Waals surface area (Å²) in [6.07, 6.45) is 1.01. The SMILES string of the molecule is CCC1CSC(Nc2cccc(S(N)(=O)=O)c2)=N1. The maximum atomic E-state index is 11.2. The Kier molecular flexibility index (Phi) is 3.94. The quantitative estimate of drug-likeness (QED) is 0.884. The molecular formula is C11H15N3O2S2. The van der Waals surface area contributed by atoms with Crippen molar-refractivity contribution in [3.8, 4) is 0 Å². The van der Waals surface area contributed by atoms with Crippen LogP contribution in [-0.2, 0) is 10.0 Å². The monoisotopic (exact) mass is 285 g/mol. The fraction of sp³-hybridized carbons (Fsp3) is 0.364. The Balaban J connectivity index is 2.16. The predicted molar refractivity (Wildman–Crippen MR) is 75.4 cm³/mol. The lowest BCUT2D eigenvalue weighted by atomic mass is 10.3. The molecule has 2 rings (SSSR count). The molecule has 0 aromatic heterocycles. The van der Waals surface area contributed by atoms with E-state index in [0.717, 1.165) is 17.3 Å². The van der Waals surface area contributed by atoms with Gasteiger partial charge in [-0.2, -0.15) is 0 Å². The van der Waals surface area contributed by atoms with Crippen molar-refractivity contribution >= 4 is 32.6 Å². The normalized spacial score (nSPS) is 19.7. The van der Waals surface area contributed by atoms with E-state index in [1.165, 1.54) is 12.1 Å². The van der Waals surface area contributed by atoms with Crippen LogP contribution >= 0.6 is 11.8 Å². The third kappa shape index (κ3) is 3.24.